The van der Waals surface area contributed by atoms with Crippen LogP contribution >= 0.6 is 11.6 Å². The lowest BCUT2D eigenvalue weighted by Gasteiger charge is -2.09. The summed E-state index contributed by atoms with van der Waals surface area (Å²) in [5, 5.41) is 3.70. The van der Waals surface area contributed by atoms with E-state index in [1.165, 1.54) is 0 Å². The molecule has 0 spiro atoms. The summed E-state index contributed by atoms with van der Waals surface area (Å²) in [7, 11) is 0. The molecule has 0 saturated heterocycles. The second-order valence-corrected chi connectivity index (χ2v) is 4.33. The zero-order chi connectivity index (χ0) is 11.1. The fourth-order valence-electron chi connectivity index (χ4n) is 1.43. The summed E-state index contributed by atoms with van der Waals surface area (Å²) in [6.45, 7) is 7.09. The number of hydrogen-bond acceptors (Lipinski definition) is 2. The van der Waals surface area contributed by atoms with Gasteiger partial charge in [-0.25, -0.2) is 4.98 Å². The Bertz CT molecular complexity index is 273. The Hall–Kier alpha value is -0.540. The minimum absolute atomic E-state index is 0.312. The standard InChI is InChI=1S/C11H20ClN3/c1-3-11(12)4-5-13-6-8-15-9-7-14-10(15)2/h7,9,11,13H,3-6,8H2,1-2H3. The highest BCUT2D eigenvalue weighted by Gasteiger charge is 2.00. The van der Waals surface area contributed by atoms with Gasteiger partial charge >= 0.3 is 0 Å². The van der Waals surface area contributed by atoms with Crippen molar-refractivity contribution in [2.75, 3.05) is 13.1 Å². The predicted octanol–water partition coefficient (Wildman–Crippen LogP) is 2.19. The summed E-state index contributed by atoms with van der Waals surface area (Å²) in [5.41, 5.74) is 0. The van der Waals surface area contributed by atoms with Crippen LogP contribution in [0.15, 0.2) is 12.4 Å². The highest BCUT2D eigenvalue weighted by molar-refractivity contribution is 6.20. The van der Waals surface area contributed by atoms with Crippen LogP contribution in [-0.2, 0) is 6.54 Å². The third-order valence-corrected chi connectivity index (χ3v) is 3.06. The summed E-state index contributed by atoms with van der Waals surface area (Å²) < 4.78 is 2.14. The van der Waals surface area contributed by atoms with Crippen LogP contribution in [0.5, 0.6) is 0 Å². The van der Waals surface area contributed by atoms with Gasteiger partial charge in [0.2, 0.25) is 0 Å². The third kappa shape index (κ3) is 4.67. The van der Waals surface area contributed by atoms with Crippen LogP contribution in [0, 0.1) is 6.92 Å². The lowest BCUT2D eigenvalue weighted by atomic mass is 10.2. The highest BCUT2D eigenvalue weighted by atomic mass is 35.5. The maximum Gasteiger partial charge on any atom is 0.105 e. The van der Waals surface area contributed by atoms with Crippen molar-refractivity contribution in [2.24, 2.45) is 0 Å². The average molecular weight is 230 g/mol. The number of hydrogen-bond donors (Lipinski definition) is 1. The number of aromatic nitrogens is 2. The molecule has 1 heterocycles. The molecule has 0 aromatic carbocycles. The Balaban J connectivity index is 2.05. The van der Waals surface area contributed by atoms with Crippen LogP contribution in [0.25, 0.3) is 0 Å². The molecule has 1 aromatic rings. The highest BCUT2D eigenvalue weighted by Crippen LogP contribution is 2.04. The van der Waals surface area contributed by atoms with Gasteiger partial charge in [-0.2, -0.15) is 0 Å². The first-order valence-electron chi connectivity index (χ1n) is 5.56. The summed E-state index contributed by atoms with van der Waals surface area (Å²) in [6.07, 6.45) is 5.93. The molecule has 86 valence electrons. The molecule has 0 aliphatic heterocycles. The molecule has 1 rings (SSSR count). The van der Waals surface area contributed by atoms with Gasteiger partial charge in [-0.15, -0.1) is 11.6 Å². The minimum Gasteiger partial charge on any atom is -0.334 e. The van der Waals surface area contributed by atoms with E-state index in [4.69, 9.17) is 11.6 Å². The van der Waals surface area contributed by atoms with E-state index in [0.717, 1.165) is 38.3 Å². The van der Waals surface area contributed by atoms with E-state index in [1.807, 2.05) is 19.3 Å². The molecule has 1 aromatic heterocycles. The first kappa shape index (κ1) is 12.5. The molecule has 0 amide bonds. The van der Waals surface area contributed by atoms with Gasteiger partial charge in [0.05, 0.1) is 0 Å². The molecule has 1 atom stereocenters. The number of nitrogens with zero attached hydrogens (tertiary/aromatic N) is 2. The Labute approximate surface area is 96.8 Å². The van der Waals surface area contributed by atoms with E-state index >= 15 is 0 Å². The monoisotopic (exact) mass is 229 g/mol. The van der Waals surface area contributed by atoms with Gasteiger partial charge in [-0.05, 0) is 26.3 Å². The first-order valence-corrected chi connectivity index (χ1v) is 6.00. The zero-order valence-electron chi connectivity index (χ0n) is 9.54. The second-order valence-electron chi connectivity index (χ2n) is 3.71. The molecular weight excluding hydrogens is 210 g/mol. The molecule has 1 unspecified atom stereocenters. The van der Waals surface area contributed by atoms with Crippen molar-refractivity contribution in [3.63, 3.8) is 0 Å². The van der Waals surface area contributed by atoms with Crippen LogP contribution in [0.4, 0.5) is 0 Å². The molecule has 1 N–H and O–H groups in total. The molecular formula is C11H20ClN3. The minimum atomic E-state index is 0.312. The molecule has 0 radical (unpaired) electrons. The Morgan fingerprint density at radius 2 is 2.33 bits per heavy atom. The quantitative estimate of drug-likeness (QED) is 0.574. The fourth-order valence-corrected chi connectivity index (χ4v) is 1.54. The van der Waals surface area contributed by atoms with Crippen LogP contribution in [0.2, 0.25) is 0 Å². The molecule has 3 nitrogen and oxygen atoms in total. The van der Waals surface area contributed by atoms with Gasteiger partial charge in [0, 0.05) is 30.9 Å². The number of imidazole rings is 1. The number of rotatable bonds is 7. The van der Waals surface area contributed by atoms with Gasteiger partial charge in [0.1, 0.15) is 5.82 Å². The number of nitrogens with one attached hydrogen (secondary N) is 1. The van der Waals surface area contributed by atoms with E-state index in [0.29, 0.717) is 5.38 Å². The van der Waals surface area contributed by atoms with E-state index in [2.05, 4.69) is 21.8 Å². The van der Waals surface area contributed by atoms with E-state index < -0.39 is 0 Å². The van der Waals surface area contributed by atoms with E-state index in [-0.39, 0.29) is 0 Å². The molecule has 0 aliphatic rings. The van der Waals surface area contributed by atoms with Crippen molar-refractivity contribution in [3.05, 3.63) is 18.2 Å². The number of halogens is 1. The first-order chi connectivity index (χ1) is 7.24. The van der Waals surface area contributed by atoms with Crippen LogP contribution in [0.1, 0.15) is 25.6 Å². The Morgan fingerprint density at radius 1 is 1.53 bits per heavy atom. The summed E-state index contributed by atoms with van der Waals surface area (Å²) in [5.74, 6) is 1.07. The molecule has 15 heavy (non-hydrogen) atoms. The van der Waals surface area contributed by atoms with Gasteiger partial charge in [-0.1, -0.05) is 6.92 Å². The molecule has 0 saturated carbocycles. The predicted molar refractivity (Wildman–Crippen MR) is 64.4 cm³/mol. The van der Waals surface area contributed by atoms with Gasteiger partial charge in [-0.3, -0.25) is 0 Å². The maximum absolute atomic E-state index is 6.01. The summed E-state index contributed by atoms with van der Waals surface area (Å²) in [4.78, 5) is 4.17. The van der Waals surface area contributed by atoms with Crippen molar-refractivity contribution in [1.82, 2.24) is 14.9 Å². The maximum atomic E-state index is 6.01. The molecule has 0 fully saturated rings. The number of aryl methyl sites for hydroxylation is 1. The van der Waals surface area contributed by atoms with Crippen LogP contribution in [-0.4, -0.2) is 28.0 Å². The van der Waals surface area contributed by atoms with Crippen LogP contribution < -0.4 is 5.32 Å². The Morgan fingerprint density at radius 3 is 2.93 bits per heavy atom. The van der Waals surface area contributed by atoms with Crippen LogP contribution in [0.3, 0.4) is 0 Å². The van der Waals surface area contributed by atoms with Crippen molar-refractivity contribution >= 4 is 11.6 Å². The average Bonchev–Trinajstić information content (AvgIpc) is 2.63. The SMILES string of the molecule is CCC(Cl)CCNCCn1ccnc1C. The van der Waals surface area contributed by atoms with Gasteiger partial charge in [0.25, 0.3) is 0 Å². The fraction of sp³-hybridized carbons (Fsp3) is 0.727. The number of alkyl halides is 1. The van der Waals surface area contributed by atoms with Crippen molar-refractivity contribution in [1.29, 1.82) is 0 Å². The lowest BCUT2D eigenvalue weighted by molar-refractivity contribution is 0.565. The topological polar surface area (TPSA) is 29.9 Å². The normalized spacial score (nSPS) is 13.0. The van der Waals surface area contributed by atoms with Crippen molar-refractivity contribution in [3.8, 4) is 0 Å². The Kier molecular flexibility index (Phi) is 5.73. The van der Waals surface area contributed by atoms with Crippen molar-refractivity contribution in [2.45, 2.75) is 38.6 Å². The smallest absolute Gasteiger partial charge is 0.105 e. The lowest BCUT2D eigenvalue weighted by Crippen LogP contribution is -2.23. The largest absolute Gasteiger partial charge is 0.334 e. The molecule has 0 aliphatic carbocycles. The third-order valence-electron chi connectivity index (χ3n) is 2.53. The molecule has 0 bridgehead atoms. The van der Waals surface area contributed by atoms with E-state index in [1.54, 1.807) is 0 Å². The zero-order valence-corrected chi connectivity index (χ0v) is 10.3. The van der Waals surface area contributed by atoms with Crippen molar-refractivity contribution < 1.29 is 0 Å². The second kappa shape index (κ2) is 6.85. The van der Waals surface area contributed by atoms with E-state index in [9.17, 15) is 0 Å². The van der Waals surface area contributed by atoms with Gasteiger partial charge in [0.15, 0.2) is 0 Å². The summed E-state index contributed by atoms with van der Waals surface area (Å²) >= 11 is 6.01. The summed E-state index contributed by atoms with van der Waals surface area (Å²) in [6, 6.07) is 0. The van der Waals surface area contributed by atoms with Gasteiger partial charge < -0.3 is 9.88 Å². The molecule has 4 heteroatoms.